The Labute approximate surface area is 371 Å². The van der Waals surface area contributed by atoms with E-state index in [1.807, 2.05) is 12.2 Å². The molecule has 1 unspecified atom stereocenters. The Morgan fingerprint density at radius 2 is 0.650 bits per heavy atom. The number of carbonyl (C=O) groups is 3. The number of allylic oxidation sites excluding steroid dienone is 8. The monoisotopic (exact) mass is 841 g/mol. The lowest BCUT2D eigenvalue weighted by Crippen LogP contribution is -2.30. The van der Waals surface area contributed by atoms with Gasteiger partial charge in [0.1, 0.15) is 13.2 Å². The summed E-state index contributed by atoms with van der Waals surface area (Å²) in [6.45, 7) is 6.46. The van der Waals surface area contributed by atoms with E-state index in [1.165, 1.54) is 148 Å². The molecule has 60 heavy (non-hydrogen) atoms. The summed E-state index contributed by atoms with van der Waals surface area (Å²) < 4.78 is 16.7. The van der Waals surface area contributed by atoms with Crippen LogP contribution in [0.5, 0.6) is 0 Å². The van der Waals surface area contributed by atoms with E-state index in [0.29, 0.717) is 19.3 Å². The standard InChI is InChI=1S/C54H96O6/c1-4-7-10-13-16-19-21-23-24-25-26-27-28-29-31-32-35-38-41-44-47-53(56)59-50-51(49-58-52(55)46-43-40-37-34-18-15-12-9-6-3)60-54(57)48-45-42-39-36-33-30-22-20-17-14-11-8-5-2/h8,11,17,20,30,33,39,42,51H,4-7,9-10,12-16,18-19,21-29,31-32,34-38,40-41,43-50H2,1-3H3/b11-8-,20-17-,33-30-,42-39-. The van der Waals surface area contributed by atoms with Crippen LogP contribution in [0, 0.1) is 0 Å². The fraction of sp³-hybridized carbons (Fsp3) is 0.796. The van der Waals surface area contributed by atoms with Crippen molar-refractivity contribution in [3.8, 4) is 0 Å². The van der Waals surface area contributed by atoms with Gasteiger partial charge < -0.3 is 14.2 Å². The Morgan fingerprint density at radius 3 is 0.983 bits per heavy atom. The summed E-state index contributed by atoms with van der Waals surface area (Å²) in [6.07, 6.45) is 58.4. The van der Waals surface area contributed by atoms with Gasteiger partial charge in [0.05, 0.1) is 0 Å². The average Bonchev–Trinajstić information content (AvgIpc) is 3.24. The van der Waals surface area contributed by atoms with Crippen molar-refractivity contribution in [2.75, 3.05) is 13.2 Å². The van der Waals surface area contributed by atoms with E-state index < -0.39 is 6.10 Å². The van der Waals surface area contributed by atoms with Gasteiger partial charge in [-0.05, 0) is 44.9 Å². The first-order valence-corrected chi connectivity index (χ1v) is 25.6. The molecule has 0 fully saturated rings. The SMILES string of the molecule is CC/C=C\C/C=C\C/C=C\C/C=C\CCC(=O)OC(COC(=O)CCCCCCCCCCC)COC(=O)CCCCCCCCCCCCCCCCCCCCCC. The van der Waals surface area contributed by atoms with E-state index >= 15 is 0 Å². The summed E-state index contributed by atoms with van der Waals surface area (Å²) in [5.74, 6) is -0.976. The normalized spacial score (nSPS) is 12.4. The Morgan fingerprint density at radius 1 is 0.350 bits per heavy atom. The van der Waals surface area contributed by atoms with Gasteiger partial charge in [0.25, 0.3) is 0 Å². The molecule has 0 aliphatic rings. The van der Waals surface area contributed by atoms with Gasteiger partial charge in [0, 0.05) is 19.3 Å². The Kier molecular flexibility index (Phi) is 46.9. The predicted octanol–water partition coefficient (Wildman–Crippen LogP) is 16.7. The summed E-state index contributed by atoms with van der Waals surface area (Å²) in [5, 5.41) is 0. The molecule has 0 radical (unpaired) electrons. The van der Waals surface area contributed by atoms with Crippen molar-refractivity contribution in [1.29, 1.82) is 0 Å². The Balaban J connectivity index is 4.30. The van der Waals surface area contributed by atoms with Gasteiger partial charge in [-0.3, -0.25) is 14.4 Å². The molecule has 0 spiro atoms. The molecule has 348 valence electrons. The third-order valence-electron chi connectivity index (χ3n) is 11.1. The molecule has 0 heterocycles. The van der Waals surface area contributed by atoms with Crippen molar-refractivity contribution in [1.82, 2.24) is 0 Å². The molecule has 0 rings (SSSR count). The molecule has 0 saturated heterocycles. The molecule has 0 aromatic carbocycles. The van der Waals surface area contributed by atoms with Gasteiger partial charge in [-0.25, -0.2) is 0 Å². The van der Waals surface area contributed by atoms with Crippen molar-refractivity contribution >= 4 is 17.9 Å². The van der Waals surface area contributed by atoms with Crippen LogP contribution in [0.1, 0.15) is 258 Å². The first kappa shape index (κ1) is 57.4. The van der Waals surface area contributed by atoms with Gasteiger partial charge in [-0.15, -0.1) is 0 Å². The van der Waals surface area contributed by atoms with Gasteiger partial charge in [-0.1, -0.05) is 243 Å². The van der Waals surface area contributed by atoms with Crippen LogP contribution >= 0.6 is 0 Å². The molecule has 0 bridgehead atoms. The lowest BCUT2D eigenvalue weighted by atomic mass is 10.0. The summed E-state index contributed by atoms with van der Waals surface area (Å²) in [6, 6.07) is 0. The number of hydrogen-bond donors (Lipinski definition) is 0. The third-order valence-corrected chi connectivity index (χ3v) is 11.1. The van der Waals surface area contributed by atoms with Gasteiger partial charge >= 0.3 is 17.9 Å². The Bertz CT molecular complexity index is 1060. The van der Waals surface area contributed by atoms with Crippen molar-refractivity contribution in [2.24, 2.45) is 0 Å². The molecule has 6 nitrogen and oxygen atoms in total. The lowest BCUT2D eigenvalue weighted by Gasteiger charge is -2.18. The van der Waals surface area contributed by atoms with Crippen LogP contribution < -0.4 is 0 Å². The van der Waals surface area contributed by atoms with Gasteiger partial charge in [0.15, 0.2) is 6.10 Å². The van der Waals surface area contributed by atoms with E-state index in [2.05, 4.69) is 57.2 Å². The molecule has 0 saturated carbocycles. The van der Waals surface area contributed by atoms with Crippen LogP contribution in [-0.4, -0.2) is 37.2 Å². The average molecular weight is 841 g/mol. The van der Waals surface area contributed by atoms with E-state index in [-0.39, 0.29) is 37.5 Å². The second-order valence-corrected chi connectivity index (χ2v) is 17.1. The van der Waals surface area contributed by atoms with Crippen molar-refractivity contribution in [3.63, 3.8) is 0 Å². The lowest BCUT2D eigenvalue weighted by molar-refractivity contribution is -0.166. The summed E-state index contributed by atoms with van der Waals surface area (Å²) >= 11 is 0. The molecular formula is C54H96O6. The van der Waals surface area contributed by atoms with E-state index in [4.69, 9.17) is 14.2 Å². The molecule has 0 aliphatic carbocycles. The zero-order valence-corrected chi connectivity index (χ0v) is 39.7. The van der Waals surface area contributed by atoms with Crippen molar-refractivity contribution < 1.29 is 28.6 Å². The minimum absolute atomic E-state index is 0.0982. The van der Waals surface area contributed by atoms with Crippen LogP contribution in [0.4, 0.5) is 0 Å². The topological polar surface area (TPSA) is 78.9 Å². The smallest absolute Gasteiger partial charge is 0.306 e. The summed E-state index contributed by atoms with van der Waals surface area (Å²) in [5.41, 5.74) is 0. The molecule has 0 N–H and O–H groups in total. The second-order valence-electron chi connectivity index (χ2n) is 17.1. The first-order chi connectivity index (χ1) is 29.5. The maximum Gasteiger partial charge on any atom is 0.306 e. The van der Waals surface area contributed by atoms with Gasteiger partial charge in [-0.2, -0.15) is 0 Å². The zero-order valence-electron chi connectivity index (χ0n) is 39.7. The number of unbranched alkanes of at least 4 members (excludes halogenated alkanes) is 27. The van der Waals surface area contributed by atoms with Crippen molar-refractivity contribution in [3.05, 3.63) is 48.6 Å². The number of ether oxygens (including phenoxy) is 3. The second kappa shape index (κ2) is 49.0. The third kappa shape index (κ3) is 46.4. The van der Waals surface area contributed by atoms with Crippen LogP contribution in [-0.2, 0) is 28.6 Å². The molecule has 1 atom stereocenters. The molecule has 6 heteroatoms. The number of carbonyl (C=O) groups excluding carboxylic acids is 3. The molecule has 0 amide bonds. The zero-order chi connectivity index (χ0) is 43.7. The molecule has 0 aliphatic heterocycles. The van der Waals surface area contributed by atoms with Crippen LogP contribution in [0.25, 0.3) is 0 Å². The van der Waals surface area contributed by atoms with E-state index in [1.54, 1.807) is 0 Å². The largest absolute Gasteiger partial charge is 0.462 e. The van der Waals surface area contributed by atoms with Gasteiger partial charge in [0.2, 0.25) is 0 Å². The summed E-state index contributed by atoms with van der Waals surface area (Å²) in [4.78, 5) is 37.8. The fourth-order valence-corrected chi connectivity index (χ4v) is 7.28. The molecular weight excluding hydrogens is 745 g/mol. The molecule has 0 aromatic heterocycles. The minimum atomic E-state index is -0.805. The van der Waals surface area contributed by atoms with Crippen LogP contribution in [0.2, 0.25) is 0 Å². The van der Waals surface area contributed by atoms with E-state index in [0.717, 1.165) is 64.2 Å². The van der Waals surface area contributed by atoms with E-state index in [9.17, 15) is 14.4 Å². The fourth-order valence-electron chi connectivity index (χ4n) is 7.28. The highest BCUT2D eigenvalue weighted by Crippen LogP contribution is 2.16. The number of esters is 3. The predicted molar refractivity (Wildman–Crippen MR) is 256 cm³/mol. The minimum Gasteiger partial charge on any atom is -0.462 e. The maximum atomic E-state index is 12.7. The highest BCUT2D eigenvalue weighted by Gasteiger charge is 2.19. The van der Waals surface area contributed by atoms with Crippen LogP contribution in [0.3, 0.4) is 0 Å². The van der Waals surface area contributed by atoms with Crippen molar-refractivity contribution in [2.45, 2.75) is 264 Å². The number of rotatable bonds is 46. The summed E-state index contributed by atoms with van der Waals surface area (Å²) in [7, 11) is 0. The highest BCUT2D eigenvalue weighted by molar-refractivity contribution is 5.71. The Hall–Kier alpha value is -2.63. The number of hydrogen-bond acceptors (Lipinski definition) is 6. The molecule has 0 aromatic rings. The first-order valence-electron chi connectivity index (χ1n) is 25.6. The highest BCUT2D eigenvalue weighted by atomic mass is 16.6. The quantitative estimate of drug-likeness (QED) is 0.0263. The maximum absolute atomic E-state index is 12.7. The van der Waals surface area contributed by atoms with Crippen LogP contribution in [0.15, 0.2) is 48.6 Å².